The van der Waals surface area contributed by atoms with Crippen molar-refractivity contribution in [2.75, 3.05) is 12.0 Å². The van der Waals surface area contributed by atoms with Crippen LogP contribution in [0.25, 0.3) is 0 Å². The van der Waals surface area contributed by atoms with Crippen LogP contribution in [0.4, 0.5) is 10.5 Å². The number of nitrogens with zero attached hydrogens (tertiary/aromatic N) is 1. The number of nitrogens with one attached hydrogen (secondary N) is 1. The standard InChI is InChI=1S/C20H20N2O5/c1-13(23)18-17(21-20(25)27-12-14-6-4-3-5-7-14)19(24)22(18)15-8-10-16(26-2)11-9-15/h3-11,17-18H,12H2,1-2H3,(H,21,25)/t17-,18+/m1/s1. The van der Waals surface area contributed by atoms with E-state index in [9.17, 15) is 14.4 Å². The van der Waals surface area contributed by atoms with Gasteiger partial charge in [0.05, 0.1) is 7.11 Å². The van der Waals surface area contributed by atoms with Gasteiger partial charge in [-0.15, -0.1) is 0 Å². The molecule has 0 bridgehead atoms. The minimum absolute atomic E-state index is 0.0838. The predicted molar refractivity (Wildman–Crippen MR) is 98.5 cm³/mol. The van der Waals surface area contributed by atoms with Crippen molar-refractivity contribution < 1.29 is 23.9 Å². The fourth-order valence-corrected chi connectivity index (χ4v) is 2.97. The summed E-state index contributed by atoms with van der Waals surface area (Å²) in [6, 6.07) is 14.3. The number of amides is 2. The molecule has 2 amide bonds. The molecule has 0 saturated carbocycles. The number of hydrogen-bond donors (Lipinski definition) is 1. The van der Waals surface area contributed by atoms with Crippen molar-refractivity contribution >= 4 is 23.5 Å². The summed E-state index contributed by atoms with van der Waals surface area (Å²) in [5, 5.41) is 2.49. The number of anilines is 1. The lowest BCUT2D eigenvalue weighted by atomic mass is 9.91. The van der Waals surface area contributed by atoms with Crippen molar-refractivity contribution in [1.82, 2.24) is 5.32 Å². The van der Waals surface area contributed by atoms with Crippen molar-refractivity contribution in [1.29, 1.82) is 0 Å². The van der Waals surface area contributed by atoms with Gasteiger partial charge in [-0.25, -0.2) is 4.79 Å². The Balaban J connectivity index is 1.64. The number of ketones is 1. The first kappa shape index (κ1) is 18.4. The summed E-state index contributed by atoms with van der Waals surface area (Å²) in [5.74, 6) is 0.0565. The lowest BCUT2D eigenvalue weighted by Gasteiger charge is -2.45. The van der Waals surface area contributed by atoms with E-state index in [1.165, 1.54) is 11.8 Å². The largest absolute Gasteiger partial charge is 0.497 e. The molecule has 2 atom stereocenters. The molecule has 27 heavy (non-hydrogen) atoms. The van der Waals surface area contributed by atoms with Gasteiger partial charge in [-0.1, -0.05) is 30.3 Å². The van der Waals surface area contributed by atoms with Crippen molar-refractivity contribution in [3.8, 4) is 5.75 Å². The maximum atomic E-state index is 12.5. The van der Waals surface area contributed by atoms with Gasteiger partial charge in [0.25, 0.3) is 5.91 Å². The topological polar surface area (TPSA) is 84.9 Å². The van der Waals surface area contributed by atoms with Gasteiger partial charge >= 0.3 is 6.09 Å². The Bertz CT molecular complexity index is 835. The van der Waals surface area contributed by atoms with Crippen LogP contribution in [-0.4, -0.2) is 37.0 Å². The molecular weight excluding hydrogens is 348 g/mol. The lowest BCUT2D eigenvalue weighted by molar-refractivity contribution is -0.134. The Morgan fingerprint density at radius 1 is 1.07 bits per heavy atom. The summed E-state index contributed by atoms with van der Waals surface area (Å²) < 4.78 is 10.2. The highest BCUT2D eigenvalue weighted by molar-refractivity contribution is 6.15. The van der Waals surface area contributed by atoms with Crippen LogP contribution in [0, 0.1) is 0 Å². The number of alkyl carbamates (subject to hydrolysis) is 1. The number of benzene rings is 2. The zero-order chi connectivity index (χ0) is 19.4. The van der Waals surface area contributed by atoms with Crippen molar-refractivity contribution in [3.05, 3.63) is 60.2 Å². The summed E-state index contributed by atoms with van der Waals surface area (Å²) in [4.78, 5) is 37.9. The van der Waals surface area contributed by atoms with Crippen LogP contribution >= 0.6 is 0 Å². The second kappa shape index (κ2) is 7.90. The van der Waals surface area contributed by atoms with Crippen LogP contribution in [-0.2, 0) is 20.9 Å². The molecule has 0 radical (unpaired) electrons. The average molecular weight is 368 g/mol. The molecule has 2 aromatic rings. The number of β-lactam (4-membered cyclic amide) rings is 1. The summed E-state index contributed by atoms with van der Waals surface area (Å²) >= 11 is 0. The quantitative estimate of drug-likeness (QED) is 0.791. The fraction of sp³-hybridized carbons (Fsp3) is 0.250. The Labute approximate surface area is 156 Å². The van der Waals surface area contributed by atoms with Gasteiger partial charge in [0, 0.05) is 5.69 Å². The molecule has 1 aliphatic rings. The molecular formula is C20H20N2O5. The Morgan fingerprint density at radius 2 is 1.74 bits per heavy atom. The van der Waals surface area contributed by atoms with Crippen molar-refractivity contribution in [3.63, 3.8) is 0 Å². The molecule has 1 aliphatic heterocycles. The van der Waals surface area contributed by atoms with Crippen LogP contribution in [0.5, 0.6) is 5.75 Å². The molecule has 1 saturated heterocycles. The summed E-state index contributed by atoms with van der Waals surface area (Å²) in [6.07, 6.45) is -0.738. The van der Waals surface area contributed by atoms with Gasteiger partial charge in [0.15, 0.2) is 5.78 Å². The molecule has 140 valence electrons. The van der Waals surface area contributed by atoms with E-state index in [0.717, 1.165) is 5.56 Å². The molecule has 0 aromatic heterocycles. The molecule has 0 unspecified atom stereocenters. The average Bonchev–Trinajstić information content (AvgIpc) is 2.69. The number of methoxy groups -OCH3 is 1. The van der Waals surface area contributed by atoms with E-state index in [2.05, 4.69) is 5.32 Å². The number of carbonyl (C=O) groups is 3. The molecule has 7 nitrogen and oxygen atoms in total. The maximum absolute atomic E-state index is 12.5. The molecule has 0 spiro atoms. The molecule has 0 aliphatic carbocycles. The molecule has 1 N–H and O–H groups in total. The van der Waals surface area contributed by atoms with Gasteiger partial charge in [0.1, 0.15) is 24.4 Å². The minimum Gasteiger partial charge on any atom is -0.497 e. The van der Waals surface area contributed by atoms with E-state index < -0.39 is 18.2 Å². The molecule has 1 heterocycles. The van der Waals surface area contributed by atoms with Crippen LogP contribution < -0.4 is 15.0 Å². The normalized spacial score (nSPS) is 18.4. The van der Waals surface area contributed by atoms with E-state index in [1.54, 1.807) is 31.4 Å². The zero-order valence-electron chi connectivity index (χ0n) is 15.0. The number of Topliss-reactive ketones (excluding diaryl/α,β-unsaturated/α-hetero) is 1. The van der Waals surface area contributed by atoms with Gasteiger partial charge in [-0.2, -0.15) is 0 Å². The predicted octanol–water partition coefficient (Wildman–Crippen LogP) is 2.29. The van der Waals surface area contributed by atoms with Crippen LogP contribution in [0.15, 0.2) is 54.6 Å². The van der Waals surface area contributed by atoms with Crippen LogP contribution in [0.3, 0.4) is 0 Å². The van der Waals surface area contributed by atoms with Gasteiger partial charge in [-0.3, -0.25) is 14.5 Å². The van der Waals surface area contributed by atoms with Crippen molar-refractivity contribution in [2.45, 2.75) is 25.6 Å². The third-order valence-electron chi connectivity index (χ3n) is 4.35. The van der Waals surface area contributed by atoms with Crippen LogP contribution in [0.2, 0.25) is 0 Å². The van der Waals surface area contributed by atoms with E-state index in [1.807, 2.05) is 30.3 Å². The Morgan fingerprint density at radius 3 is 2.33 bits per heavy atom. The Hall–Kier alpha value is -3.35. The minimum atomic E-state index is -0.937. The highest BCUT2D eigenvalue weighted by Crippen LogP contribution is 2.30. The third kappa shape index (κ3) is 3.92. The summed E-state index contributed by atoms with van der Waals surface area (Å²) in [6.45, 7) is 1.47. The summed E-state index contributed by atoms with van der Waals surface area (Å²) in [7, 11) is 1.54. The zero-order valence-corrected chi connectivity index (χ0v) is 15.0. The van der Waals surface area contributed by atoms with E-state index in [0.29, 0.717) is 11.4 Å². The number of hydrogen-bond acceptors (Lipinski definition) is 5. The number of ether oxygens (including phenoxy) is 2. The molecule has 3 rings (SSSR count). The van der Waals surface area contributed by atoms with E-state index >= 15 is 0 Å². The monoisotopic (exact) mass is 368 g/mol. The van der Waals surface area contributed by atoms with Crippen LogP contribution in [0.1, 0.15) is 12.5 Å². The highest BCUT2D eigenvalue weighted by Gasteiger charge is 2.51. The third-order valence-corrected chi connectivity index (χ3v) is 4.35. The number of rotatable bonds is 6. The Kier molecular flexibility index (Phi) is 5.40. The summed E-state index contributed by atoms with van der Waals surface area (Å²) in [5.41, 5.74) is 1.40. The SMILES string of the molecule is COc1ccc(N2C(=O)[C@H](NC(=O)OCc3ccccc3)[C@@H]2C(C)=O)cc1. The van der Waals surface area contributed by atoms with Gasteiger partial charge in [0.2, 0.25) is 0 Å². The van der Waals surface area contributed by atoms with Crippen molar-refractivity contribution in [2.24, 2.45) is 0 Å². The molecule has 7 heteroatoms. The number of carbonyl (C=O) groups excluding carboxylic acids is 3. The van der Waals surface area contributed by atoms with E-state index in [-0.39, 0.29) is 18.3 Å². The van der Waals surface area contributed by atoms with E-state index in [4.69, 9.17) is 9.47 Å². The second-order valence-corrected chi connectivity index (χ2v) is 6.15. The first-order valence-corrected chi connectivity index (χ1v) is 8.46. The van der Waals surface area contributed by atoms with Gasteiger partial charge in [-0.05, 0) is 36.8 Å². The lowest BCUT2D eigenvalue weighted by Crippen LogP contribution is -2.73. The smallest absolute Gasteiger partial charge is 0.408 e. The highest BCUT2D eigenvalue weighted by atomic mass is 16.5. The fourth-order valence-electron chi connectivity index (χ4n) is 2.97. The first-order chi connectivity index (χ1) is 13.0. The molecule has 2 aromatic carbocycles. The van der Waals surface area contributed by atoms with Gasteiger partial charge < -0.3 is 14.8 Å². The second-order valence-electron chi connectivity index (χ2n) is 6.15. The first-order valence-electron chi connectivity index (χ1n) is 8.46. The molecule has 1 fully saturated rings. The maximum Gasteiger partial charge on any atom is 0.408 e.